The molecule has 1 amide bonds. The maximum absolute atomic E-state index is 12.0. The first-order chi connectivity index (χ1) is 9.07. The number of hydrogen-bond donors (Lipinski definition) is 1. The van der Waals surface area contributed by atoms with Crippen molar-refractivity contribution in [3.63, 3.8) is 0 Å². The fourth-order valence-corrected chi connectivity index (χ4v) is 3.01. The number of halogens is 1. The maximum atomic E-state index is 12.0. The number of carbonyl (C=O) groups is 1. The van der Waals surface area contributed by atoms with E-state index in [1.807, 2.05) is 0 Å². The lowest BCUT2D eigenvalue weighted by molar-refractivity contribution is -0.122. The Hall–Kier alpha value is -0.540. The molecule has 0 fully saturated rings. The number of amides is 1. The van der Waals surface area contributed by atoms with Crippen LogP contribution in [0.3, 0.4) is 0 Å². The van der Waals surface area contributed by atoms with Gasteiger partial charge in [-0.3, -0.25) is 4.79 Å². The molecule has 1 aliphatic rings. The van der Waals surface area contributed by atoms with Gasteiger partial charge in [0.2, 0.25) is 5.91 Å². The molecule has 110 valence electrons. The molecule has 1 N–H and O–H groups in total. The number of alkyl halides is 1. The first-order valence-electron chi connectivity index (χ1n) is 7.27. The van der Waals surface area contributed by atoms with E-state index in [9.17, 15) is 4.79 Å². The van der Waals surface area contributed by atoms with Crippen LogP contribution in [0.2, 0.25) is 0 Å². The second-order valence-electron chi connectivity index (χ2n) is 5.34. The minimum absolute atomic E-state index is 0.138. The largest absolute Gasteiger partial charge is 0.361 e. The minimum Gasteiger partial charge on any atom is -0.361 e. The summed E-state index contributed by atoms with van der Waals surface area (Å²) in [4.78, 5) is 12.0. The lowest BCUT2D eigenvalue weighted by Crippen LogP contribution is -2.36. The van der Waals surface area contributed by atoms with Gasteiger partial charge in [-0.1, -0.05) is 25.8 Å². The van der Waals surface area contributed by atoms with Gasteiger partial charge in [-0.15, -0.1) is 11.6 Å². The van der Waals surface area contributed by atoms with Crippen molar-refractivity contribution in [1.82, 2.24) is 5.32 Å². The summed E-state index contributed by atoms with van der Waals surface area (Å²) in [6.07, 6.45) is 5.48. The summed E-state index contributed by atoms with van der Waals surface area (Å²) in [6, 6.07) is 0. The van der Waals surface area contributed by atoms with E-state index in [-0.39, 0.29) is 12.6 Å². The zero-order valence-electron chi connectivity index (χ0n) is 12.3. The molecule has 0 bridgehead atoms. The average Bonchev–Trinajstić information content (AvgIpc) is 2.38. The molecule has 19 heavy (non-hydrogen) atoms. The number of hydrogen-bond acceptors (Lipinski definition) is 2. The molecule has 1 aliphatic carbocycles. The average molecular weight is 288 g/mol. The Balaban J connectivity index is 2.43. The van der Waals surface area contributed by atoms with E-state index in [1.165, 1.54) is 12.0 Å². The molecule has 2 atom stereocenters. The van der Waals surface area contributed by atoms with Gasteiger partial charge in [-0.05, 0) is 44.1 Å². The van der Waals surface area contributed by atoms with E-state index in [0.29, 0.717) is 12.5 Å². The Labute approximate surface area is 121 Å². The van der Waals surface area contributed by atoms with Crippen molar-refractivity contribution < 1.29 is 9.53 Å². The van der Waals surface area contributed by atoms with Crippen LogP contribution in [0.5, 0.6) is 0 Å². The van der Waals surface area contributed by atoms with E-state index in [1.54, 1.807) is 0 Å². The molecule has 4 heteroatoms. The number of ether oxygens (including phenoxy) is 1. The topological polar surface area (TPSA) is 38.3 Å². The van der Waals surface area contributed by atoms with Crippen LogP contribution in [0, 0.1) is 5.92 Å². The standard InChI is InChI=1S/C15H26ClNO2/c1-4-5-9-19-10-17-15(18)14(16)13-11(2)7-6-8-12(13)3/h11,14H,4-10H2,1-3H3,(H,17,18). The van der Waals surface area contributed by atoms with E-state index < -0.39 is 5.38 Å². The van der Waals surface area contributed by atoms with Gasteiger partial charge in [-0.2, -0.15) is 0 Å². The van der Waals surface area contributed by atoms with Crippen LogP contribution >= 0.6 is 11.6 Å². The lowest BCUT2D eigenvalue weighted by Gasteiger charge is -2.27. The fourth-order valence-electron chi connectivity index (χ4n) is 2.53. The SMILES string of the molecule is CCCCOCNC(=O)C(Cl)C1=C(C)CCCC1C. The Bertz CT molecular complexity index is 328. The van der Waals surface area contributed by atoms with Crippen LogP contribution in [0.25, 0.3) is 0 Å². The number of nitrogens with one attached hydrogen (secondary N) is 1. The molecule has 0 heterocycles. The second kappa shape index (κ2) is 8.60. The summed E-state index contributed by atoms with van der Waals surface area (Å²) in [5, 5.41) is 2.20. The van der Waals surface area contributed by atoms with Crippen LogP contribution in [-0.2, 0) is 9.53 Å². The number of rotatable bonds is 7. The zero-order valence-corrected chi connectivity index (χ0v) is 13.1. The van der Waals surface area contributed by atoms with E-state index in [0.717, 1.165) is 31.3 Å². The molecule has 0 spiro atoms. The predicted octanol–water partition coefficient (Wildman–Crippen LogP) is 3.62. The third-order valence-corrected chi connectivity index (χ3v) is 4.14. The summed E-state index contributed by atoms with van der Waals surface area (Å²) in [7, 11) is 0. The Morgan fingerprint density at radius 2 is 2.32 bits per heavy atom. The first-order valence-corrected chi connectivity index (χ1v) is 7.70. The Kier molecular flexibility index (Phi) is 7.47. The van der Waals surface area contributed by atoms with Crippen LogP contribution < -0.4 is 5.32 Å². The van der Waals surface area contributed by atoms with E-state index >= 15 is 0 Å². The van der Waals surface area contributed by atoms with Gasteiger partial charge < -0.3 is 10.1 Å². The Morgan fingerprint density at radius 1 is 1.58 bits per heavy atom. The van der Waals surface area contributed by atoms with E-state index in [2.05, 4.69) is 26.1 Å². The third kappa shape index (κ3) is 5.15. The van der Waals surface area contributed by atoms with Crippen molar-refractivity contribution in [1.29, 1.82) is 0 Å². The van der Waals surface area contributed by atoms with Crippen molar-refractivity contribution in [2.75, 3.05) is 13.3 Å². The quantitative estimate of drug-likeness (QED) is 0.336. The van der Waals surface area contributed by atoms with Crippen LogP contribution in [0.1, 0.15) is 52.9 Å². The van der Waals surface area contributed by atoms with Gasteiger partial charge in [0.15, 0.2) is 0 Å². The highest BCUT2D eigenvalue weighted by molar-refractivity contribution is 6.32. The highest BCUT2D eigenvalue weighted by atomic mass is 35.5. The predicted molar refractivity (Wildman–Crippen MR) is 79.2 cm³/mol. The molecular weight excluding hydrogens is 262 g/mol. The first kappa shape index (κ1) is 16.5. The zero-order chi connectivity index (χ0) is 14.3. The summed E-state index contributed by atoms with van der Waals surface area (Å²) in [5.74, 6) is 0.268. The normalized spacial score (nSPS) is 21.4. The summed E-state index contributed by atoms with van der Waals surface area (Å²) in [6.45, 7) is 7.28. The second-order valence-corrected chi connectivity index (χ2v) is 5.78. The highest BCUT2D eigenvalue weighted by Crippen LogP contribution is 2.33. The van der Waals surface area contributed by atoms with Gasteiger partial charge >= 0.3 is 0 Å². The summed E-state index contributed by atoms with van der Waals surface area (Å²) >= 11 is 6.31. The van der Waals surface area contributed by atoms with Gasteiger partial charge in [0, 0.05) is 6.61 Å². The molecule has 2 unspecified atom stereocenters. The monoisotopic (exact) mass is 287 g/mol. The molecule has 0 saturated carbocycles. The van der Waals surface area contributed by atoms with Crippen molar-refractivity contribution in [2.45, 2.75) is 58.3 Å². The summed E-state index contributed by atoms with van der Waals surface area (Å²) < 4.78 is 5.33. The van der Waals surface area contributed by atoms with Crippen molar-refractivity contribution >= 4 is 17.5 Å². The van der Waals surface area contributed by atoms with E-state index in [4.69, 9.17) is 16.3 Å². The lowest BCUT2D eigenvalue weighted by atomic mass is 9.82. The van der Waals surface area contributed by atoms with Gasteiger partial charge in [0.05, 0.1) is 0 Å². The van der Waals surface area contributed by atoms with Gasteiger partial charge in [0.25, 0.3) is 0 Å². The molecule has 1 rings (SSSR count). The third-order valence-electron chi connectivity index (χ3n) is 3.71. The molecule has 0 aliphatic heterocycles. The van der Waals surface area contributed by atoms with Crippen LogP contribution in [0.15, 0.2) is 11.1 Å². The van der Waals surface area contributed by atoms with Gasteiger partial charge in [-0.25, -0.2) is 0 Å². The number of allylic oxidation sites excluding steroid dienone is 1. The molecule has 0 saturated heterocycles. The number of unbranched alkanes of at least 4 members (excludes halogenated alkanes) is 1. The number of carbonyl (C=O) groups excluding carboxylic acids is 1. The highest BCUT2D eigenvalue weighted by Gasteiger charge is 2.28. The fraction of sp³-hybridized carbons (Fsp3) is 0.800. The van der Waals surface area contributed by atoms with Crippen molar-refractivity contribution in [3.05, 3.63) is 11.1 Å². The minimum atomic E-state index is -0.551. The smallest absolute Gasteiger partial charge is 0.244 e. The molecule has 0 aromatic rings. The summed E-state index contributed by atoms with van der Waals surface area (Å²) in [5.41, 5.74) is 2.39. The molecule has 0 aromatic heterocycles. The maximum Gasteiger partial charge on any atom is 0.244 e. The molecule has 3 nitrogen and oxygen atoms in total. The van der Waals surface area contributed by atoms with Crippen LogP contribution in [0.4, 0.5) is 0 Å². The molecular formula is C15H26ClNO2. The Morgan fingerprint density at radius 3 is 2.95 bits per heavy atom. The van der Waals surface area contributed by atoms with Gasteiger partial charge in [0.1, 0.15) is 12.1 Å². The van der Waals surface area contributed by atoms with Crippen LogP contribution in [-0.4, -0.2) is 24.6 Å². The molecule has 0 radical (unpaired) electrons. The van der Waals surface area contributed by atoms with Crippen molar-refractivity contribution in [2.24, 2.45) is 5.92 Å². The van der Waals surface area contributed by atoms with Crippen molar-refractivity contribution in [3.8, 4) is 0 Å². The molecule has 0 aromatic carbocycles.